The number of carbonyl (C=O) groups excluding carboxylic acids is 2. The van der Waals surface area contributed by atoms with Crippen molar-refractivity contribution in [2.75, 3.05) is 6.61 Å². The lowest BCUT2D eigenvalue weighted by Crippen LogP contribution is -2.10. The Morgan fingerprint density at radius 2 is 1.73 bits per heavy atom. The van der Waals surface area contributed by atoms with Crippen LogP contribution in [0.1, 0.15) is 39.6 Å². The van der Waals surface area contributed by atoms with E-state index in [0.29, 0.717) is 17.9 Å². The van der Waals surface area contributed by atoms with E-state index in [9.17, 15) is 14.7 Å². The van der Waals surface area contributed by atoms with Crippen molar-refractivity contribution in [3.63, 3.8) is 0 Å². The van der Waals surface area contributed by atoms with Crippen LogP contribution >= 0.6 is 0 Å². The maximum Gasteiger partial charge on any atom is 0.174 e. The molecule has 0 amide bonds. The first-order valence-electron chi connectivity index (χ1n) is 7.10. The van der Waals surface area contributed by atoms with E-state index >= 15 is 0 Å². The Labute approximate surface area is 129 Å². The predicted octanol–water partition coefficient (Wildman–Crippen LogP) is 3.56. The summed E-state index contributed by atoms with van der Waals surface area (Å²) >= 11 is 0. The van der Waals surface area contributed by atoms with Gasteiger partial charge < -0.3 is 9.84 Å². The van der Waals surface area contributed by atoms with Crippen LogP contribution in [-0.4, -0.2) is 23.3 Å². The third-order valence-corrected chi connectivity index (χ3v) is 3.26. The Balaban J connectivity index is 2.22. The molecule has 2 aromatic rings. The third kappa shape index (κ3) is 3.52. The van der Waals surface area contributed by atoms with Crippen molar-refractivity contribution in [1.82, 2.24) is 0 Å². The Morgan fingerprint density at radius 1 is 1.05 bits per heavy atom. The average Bonchev–Trinajstić information content (AvgIpc) is 2.50. The highest BCUT2D eigenvalue weighted by Gasteiger charge is 2.19. The maximum atomic E-state index is 12.3. The van der Waals surface area contributed by atoms with Crippen LogP contribution in [0.5, 0.6) is 11.5 Å². The highest BCUT2D eigenvalue weighted by molar-refractivity contribution is 6.15. The van der Waals surface area contributed by atoms with E-state index in [2.05, 4.69) is 0 Å². The fraction of sp³-hybridized carbons (Fsp3) is 0.222. The maximum absolute atomic E-state index is 12.3. The van der Waals surface area contributed by atoms with Crippen molar-refractivity contribution >= 4 is 11.6 Å². The largest absolute Gasteiger partial charge is 0.507 e. The second kappa shape index (κ2) is 6.89. The molecule has 0 aliphatic heterocycles. The summed E-state index contributed by atoms with van der Waals surface area (Å²) in [5, 5.41) is 9.77. The Morgan fingerprint density at radius 3 is 2.45 bits per heavy atom. The van der Waals surface area contributed by atoms with Crippen molar-refractivity contribution in [3.8, 4) is 11.5 Å². The Hall–Kier alpha value is -2.62. The number of aryl methyl sites for hydroxylation is 1. The SMILES string of the molecule is CCOc1ccccc1C(=O)CC(=O)c1cc(C)ccc1O. The van der Waals surface area contributed by atoms with Crippen molar-refractivity contribution in [1.29, 1.82) is 0 Å². The van der Waals surface area contributed by atoms with Crippen molar-refractivity contribution in [2.45, 2.75) is 20.3 Å². The summed E-state index contributed by atoms with van der Waals surface area (Å²) in [5.74, 6) is -0.370. The molecule has 0 heterocycles. The van der Waals surface area contributed by atoms with E-state index in [1.54, 1.807) is 36.4 Å². The van der Waals surface area contributed by atoms with Gasteiger partial charge in [0.25, 0.3) is 0 Å². The number of hydrogen-bond acceptors (Lipinski definition) is 4. The monoisotopic (exact) mass is 298 g/mol. The average molecular weight is 298 g/mol. The van der Waals surface area contributed by atoms with Crippen LogP contribution in [0.25, 0.3) is 0 Å². The molecule has 0 aromatic heterocycles. The van der Waals surface area contributed by atoms with E-state index in [4.69, 9.17) is 4.74 Å². The topological polar surface area (TPSA) is 63.6 Å². The van der Waals surface area contributed by atoms with Crippen LogP contribution < -0.4 is 4.74 Å². The summed E-state index contributed by atoms with van der Waals surface area (Å²) in [6.07, 6.45) is -0.304. The van der Waals surface area contributed by atoms with Gasteiger partial charge in [0.1, 0.15) is 11.5 Å². The molecule has 0 radical (unpaired) electrons. The molecule has 0 aliphatic carbocycles. The molecule has 0 unspecified atom stereocenters. The predicted molar refractivity (Wildman–Crippen MR) is 83.7 cm³/mol. The molecule has 2 aromatic carbocycles. The summed E-state index contributed by atoms with van der Waals surface area (Å²) < 4.78 is 5.41. The summed E-state index contributed by atoms with van der Waals surface area (Å²) in [4.78, 5) is 24.6. The van der Waals surface area contributed by atoms with Gasteiger partial charge in [-0.15, -0.1) is 0 Å². The number of rotatable bonds is 6. The number of ether oxygens (including phenoxy) is 1. The first kappa shape index (κ1) is 15.8. The number of phenolic OH excluding ortho intramolecular Hbond substituents is 1. The van der Waals surface area contributed by atoms with E-state index in [-0.39, 0.29) is 23.5 Å². The molecule has 4 heteroatoms. The first-order valence-corrected chi connectivity index (χ1v) is 7.10. The van der Waals surface area contributed by atoms with E-state index in [1.807, 2.05) is 13.8 Å². The molecule has 4 nitrogen and oxygen atoms in total. The van der Waals surface area contributed by atoms with Gasteiger partial charge in [-0.1, -0.05) is 23.8 Å². The minimum Gasteiger partial charge on any atom is -0.507 e. The molecular weight excluding hydrogens is 280 g/mol. The van der Waals surface area contributed by atoms with Gasteiger partial charge in [-0.05, 0) is 38.1 Å². The van der Waals surface area contributed by atoms with Gasteiger partial charge in [0.15, 0.2) is 11.6 Å². The smallest absolute Gasteiger partial charge is 0.174 e. The number of ketones is 2. The van der Waals surface area contributed by atoms with Gasteiger partial charge in [-0.3, -0.25) is 9.59 Å². The highest BCUT2D eigenvalue weighted by Crippen LogP contribution is 2.23. The first-order chi connectivity index (χ1) is 10.5. The second-order valence-corrected chi connectivity index (χ2v) is 4.97. The van der Waals surface area contributed by atoms with Crippen LogP contribution in [0.3, 0.4) is 0 Å². The molecule has 114 valence electrons. The number of aromatic hydroxyl groups is 1. The fourth-order valence-electron chi connectivity index (χ4n) is 2.19. The number of Topliss-reactive ketones (excluding diaryl/α,β-unsaturated/α-hetero) is 2. The molecule has 0 atom stereocenters. The molecule has 0 bridgehead atoms. The van der Waals surface area contributed by atoms with Crippen molar-refractivity contribution in [2.24, 2.45) is 0 Å². The van der Waals surface area contributed by atoms with E-state index < -0.39 is 5.78 Å². The lowest BCUT2D eigenvalue weighted by Gasteiger charge is -2.09. The second-order valence-electron chi connectivity index (χ2n) is 4.97. The number of carbonyl (C=O) groups is 2. The lowest BCUT2D eigenvalue weighted by atomic mass is 9.99. The fourth-order valence-corrected chi connectivity index (χ4v) is 2.19. The summed E-state index contributed by atoms with van der Waals surface area (Å²) in [5.41, 5.74) is 1.40. The van der Waals surface area contributed by atoms with Crippen molar-refractivity contribution in [3.05, 3.63) is 59.2 Å². The number of para-hydroxylation sites is 1. The molecular formula is C18H18O4. The van der Waals surface area contributed by atoms with E-state index in [1.165, 1.54) is 6.07 Å². The number of phenols is 1. The molecule has 22 heavy (non-hydrogen) atoms. The quantitative estimate of drug-likeness (QED) is 0.654. The van der Waals surface area contributed by atoms with Gasteiger partial charge in [-0.2, -0.15) is 0 Å². The minimum absolute atomic E-state index is 0.110. The summed E-state index contributed by atoms with van der Waals surface area (Å²) in [6.45, 7) is 4.09. The summed E-state index contributed by atoms with van der Waals surface area (Å²) in [6, 6.07) is 11.6. The zero-order valence-corrected chi connectivity index (χ0v) is 12.6. The van der Waals surface area contributed by atoms with Gasteiger partial charge >= 0.3 is 0 Å². The van der Waals surface area contributed by atoms with Gasteiger partial charge in [0.05, 0.1) is 24.2 Å². The van der Waals surface area contributed by atoms with Gasteiger partial charge in [0, 0.05) is 0 Å². The zero-order chi connectivity index (χ0) is 16.1. The van der Waals surface area contributed by atoms with Crippen LogP contribution in [-0.2, 0) is 0 Å². The van der Waals surface area contributed by atoms with Crippen LogP contribution in [0.15, 0.2) is 42.5 Å². The van der Waals surface area contributed by atoms with Crippen LogP contribution in [0, 0.1) is 6.92 Å². The number of benzene rings is 2. The molecule has 2 rings (SSSR count). The third-order valence-electron chi connectivity index (χ3n) is 3.26. The minimum atomic E-state index is -0.405. The van der Waals surface area contributed by atoms with Crippen LogP contribution in [0.4, 0.5) is 0 Å². The highest BCUT2D eigenvalue weighted by atomic mass is 16.5. The molecule has 1 N–H and O–H groups in total. The molecule has 0 spiro atoms. The molecule has 0 aliphatic rings. The molecule has 0 fully saturated rings. The zero-order valence-electron chi connectivity index (χ0n) is 12.6. The van der Waals surface area contributed by atoms with Crippen LogP contribution in [0.2, 0.25) is 0 Å². The van der Waals surface area contributed by atoms with Crippen molar-refractivity contribution < 1.29 is 19.4 Å². The molecule has 0 saturated carbocycles. The Kier molecular flexibility index (Phi) is 4.94. The standard InChI is InChI=1S/C18H18O4/c1-3-22-18-7-5-4-6-13(18)16(20)11-17(21)14-10-12(2)8-9-15(14)19/h4-10,19H,3,11H2,1-2H3. The lowest BCUT2D eigenvalue weighted by molar-refractivity contribution is 0.0891. The number of hydrogen-bond donors (Lipinski definition) is 1. The van der Waals surface area contributed by atoms with Gasteiger partial charge in [0.2, 0.25) is 0 Å². The normalized spacial score (nSPS) is 10.3. The van der Waals surface area contributed by atoms with Gasteiger partial charge in [-0.25, -0.2) is 0 Å². The summed E-state index contributed by atoms with van der Waals surface area (Å²) in [7, 11) is 0. The Bertz CT molecular complexity index is 704. The molecule has 0 saturated heterocycles. The van der Waals surface area contributed by atoms with E-state index in [0.717, 1.165) is 5.56 Å².